The van der Waals surface area contributed by atoms with Crippen molar-refractivity contribution >= 4 is 33.4 Å². The molecule has 7 nitrogen and oxygen atoms in total. The summed E-state index contributed by atoms with van der Waals surface area (Å²) in [5.74, 6) is -0.103. The Balaban J connectivity index is 1.54. The number of hydrogen-bond donors (Lipinski definition) is 1. The first-order valence-corrected chi connectivity index (χ1v) is 10.7. The minimum absolute atomic E-state index is 0.0427. The standard InChI is InChI=1S/C19H20ClFN2O5S/c1-27-14-3-5-16(6-4-14)29(25,26)23-10-8-15(9-11-23)28-19(24)22-18-7-2-13(20)12-17(18)21/h2-7,12,15H,8-11H2,1H3,(H,22,24). The SMILES string of the molecule is COc1ccc(S(=O)(=O)N2CCC(OC(=O)Nc3ccc(Cl)cc3F)CC2)cc1. The Morgan fingerprint density at radius 1 is 1.17 bits per heavy atom. The van der Waals surface area contributed by atoms with E-state index >= 15 is 0 Å². The Kier molecular flexibility index (Phi) is 6.61. The number of sulfonamides is 1. The van der Waals surface area contributed by atoms with Crippen molar-refractivity contribution < 1.29 is 27.1 Å². The third-order valence-electron chi connectivity index (χ3n) is 4.54. The van der Waals surface area contributed by atoms with Crippen LogP contribution in [0.25, 0.3) is 0 Å². The lowest BCUT2D eigenvalue weighted by Gasteiger charge is -2.30. The summed E-state index contributed by atoms with van der Waals surface area (Å²) in [6.07, 6.45) is -0.590. The third-order valence-corrected chi connectivity index (χ3v) is 6.69. The van der Waals surface area contributed by atoms with Crippen molar-refractivity contribution in [1.82, 2.24) is 4.31 Å². The summed E-state index contributed by atoms with van der Waals surface area (Å²) in [6.45, 7) is 0.420. The molecule has 0 unspecified atom stereocenters. The summed E-state index contributed by atoms with van der Waals surface area (Å²) in [4.78, 5) is 12.2. The van der Waals surface area contributed by atoms with Gasteiger partial charge in [-0.25, -0.2) is 17.6 Å². The fraction of sp³-hybridized carbons (Fsp3) is 0.316. The minimum Gasteiger partial charge on any atom is -0.497 e. The molecule has 1 saturated heterocycles. The number of ether oxygens (including phenoxy) is 2. The first kappa shape index (κ1) is 21.4. The minimum atomic E-state index is -3.64. The summed E-state index contributed by atoms with van der Waals surface area (Å²) >= 11 is 5.68. The van der Waals surface area contributed by atoms with E-state index in [1.807, 2.05) is 0 Å². The molecule has 0 bridgehead atoms. The Morgan fingerprint density at radius 2 is 1.83 bits per heavy atom. The van der Waals surface area contributed by atoms with Crippen LogP contribution in [0.3, 0.4) is 0 Å². The molecule has 1 heterocycles. The second kappa shape index (κ2) is 8.98. The van der Waals surface area contributed by atoms with Crippen LogP contribution in [0.1, 0.15) is 12.8 Å². The number of halogens is 2. The largest absolute Gasteiger partial charge is 0.497 e. The summed E-state index contributed by atoms with van der Waals surface area (Å²) in [5.41, 5.74) is -0.0427. The molecule has 0 aliphatic carbocycles. The highest BCUT2D eigenvalue weighted by atomic mass is 35.5. The van der Waals surface area contributed by atoms with Gasteiger partial charge in [-0.15, -0.1) is 0 Å². The number of amides is 1. The average Bonchev–Trinajstić information content (AvgIpc) is 2.70. The van der Waals surface area contributed by atoms with Crippen molar-refractivity contribution in [1.29, 1.82) is 0 Å². The molecule has 0 aromatic heterocycles. The molecule has 0 spiro atoms. The van der Waals surface area contributed by atoms with Crippen LogP contribution in [0.15, 0.2) is 47.4 Å². The molecule has 1 aliphatic heterocycles. The molecular formula is C19H20ClFN2O5S. The van der Waals surface area contributed by atoms with Gasteiger partial charge in [-0.05, 0) is 55.3 Å². The lowest BCUT2D eigenvalue weighted by atomic mass is 10.1. The molecule has 10 heteroatoms. The molecule has 0 radical (unpaired) electrons. The van der Waals surface area contributed by atoms with E-state index in [9.17, 15) is 17.6 Å². The molecule has 0 saturated carbocycles. The van der Waals surface area contributed by atoms with Gasteiger partial charge < -0.3 is 9.47 Å². The first-order chi connectivity index (χ1) is 13.8. The molecule has 0 atom stereocenters. The predicted octanol–water partition coefficient (Wildman–Crippen LogP) is 3.89. The van der Waals surface area contributed by atoms with Gasteiger partial charge in [0.15, 0.2) is 0 Å². The Hall–Kier alpha value is -2.36. The van der Waals surface area contributed by atoms with Gasteiger partial charge in [-0.2, -0.15) is 4.31 Å². The summed E-state index contributed by atoms with van der Waals surface area (Å²) in [6, 6.07) is 10.0. The Labute approximate surface area is 173 Å². The fourth-order valence-corrected chi connectivity index (χ4v) is 4.60. The summed E-state index contributed by atoms with van der Waals surface area (Å²) in [7, 11) is -2.13. The highest BCUT2D eigenvalue weighted by Gasteiger charge is 2.31. The molecule has 156 valence electrons. The van der Waals surface area contributed by atoms with Crippen molar-refractivity contribution in [2.45, 2.75) is 23.8 Å². The van der Waals surface area contributed by atoms with Crippen LogP contribution < -0.4 is 10.1 Å². The zero-order valence-corrected chi connectivity index (χ0v) is 17.2. The lowest BCUT2D eigenvalue weighted by molar-refractivity contribution is 0.0773. The van der Waals surface area contributed by atoms with E-state index < -0.39 is 28.0 Å². The number of nitrogens with zero attached hydrogens (tertiary/aromatic N) is 1. The zero-order valence-electron chi connectivity index (χ0n) is 15.6. The summed E-state index contributed by atoms with van der Waals surface area (Å²) < 4.78 is 50.9. The number of methoxy groups -OCH3 is 1. The maximum absolute atomic E-state index is 13.7. The number of anilines is 1. The molecule has 1 N–H and O–H groups in total. The van der Waals surface area contributed by atoms with Gasteiger partial charge in [-0.3, -0.25) is 5.32 Å². The number of carbonyl (C=O) groups is 1. The molecule has 29 heavy (non-hydrogen) atoms. The number of carbonyl (C=O) groups excluding carboxylic acids is 1. The van der Waals surface area contributed by atoms with Crippen LogP contribution in [0.2, 0.25) is 5.02 Å². The third kappa shape index (κ3) is 5.17. The highest BCUT2D eigenvalue weighted by Crippen LogP contribution is 2.24. The van der Waals surface area contributed by atoms with E-state index in [0.29, 0.717) is 18.6 Å². The van der Waals surface area contributed by atoms with Gasteiger partial charge in [0.05, 0.1) is 17.7 Å². The number of rotatable bonds is 5. The van der Waals surface area contributed by atoms with Gasteiger partial charge >= 0.3 is 6.09 Å². The monoisotopic (exact) mass is 442 g/mol. The highest BCUT2D eigenvalue weighted by molar-refractivity contribution is 7.89. The zero-order chi connectivity index (χ0) is 21.0. The second-order valence-electron chi connectivity index (χ2n) is 6.43. The van der Waals surface area contributed by atoms with Gasteiger partial charge in [0.2, 0.25) is 10.0 Å². The molecule has 1 fully saturated rings. The Morgan fingerprint density at radius 3 is 2.41 bits per heavy atom. The molecule has 1 amide bonds. The van der Waals surface area contributed by atoms with E-state index in [-0.39, 0.29) is 28.7 Å². The Bertz CT molecular complexity index is 977. The van der Waals surface area contributed by atoms with Crippen LogP contribution in [-0.4, -0.2) is 45.1 Å². The van der Waals surface area contributed by atoms with E-state index in [0.717, 1.165) is 6.07 Å². The van der Waals surface area contributed by atoms with E-state index in [1.165, 1.54) is 35.7 Å². The van der Waals surface area contributed by atoms with Crippen molar-refractivity contribution in [2.24, 2.45) is 0 Å². The van der Waals surface area contributed by atoms with E-state index in [1.54, 1.807) is 12.1 Å². The number of hydrogen-bond acceptors (Lipinski definition) is 5. The van der Waals surface area contributed by atoms with Crippen LogP contribution >= 0.6 is 11.6 Å². The smallest absolute Gasteiger partial charge is 0.411 e. The molecule has 1 aliphatic rings. The van der Waals surface area contributed by atoms with E-state index in [2.05, 4.69) is 5.32 Å². The number of benzene rings is 2. The topological polar surface area (TPSA) is 84.9 Å². The average molecular weight is 443 g/mol. The van der Waals surface area contributed by atoms with Crippen molar-refractivity contribution in [3.05, 3.63) is 53.3 Å². The van der Waals surface area contributed by atoms with Gasteiger partial charge in [-0.1, -0.05) is 11.6 Å². The van der Waals surface area contributed by atoms with Gasteiger partial charge in [0, 0.05) is 18.1 Å². The van der Waals surface area contributed by atoms with E-state index in [4.69, 9.17) is 21.1 Å². The first-order valence-electron chi connectivity index (χ1n) is 8.86. The van der Waals surface area contributed by atoms with Crippen LogP contribution in [0.4, 0.5) is 14.9 Å². The van der Waals surface area contributed by atoms with Crippen molar-refractivity contribution in [3.63, 3.8) is 0 Å². The van der Waals surface area contributed by atoms with Crippen LogP contribution in [-0.2, 0) is 14.8 Å². The fourth-order valence-electron chi connectivity index (χ4n) is 2.97. The molecule has 3 rings (SSSR count). The molecule has 2 aromatic carbocycles. The molecular weight excluding hydrogens is 423 g/mol. The maximum atomic E-state index is 13.7. The van der Waals surface area contributed by atoms with Gasteiger partial charge in [0.25, 0.3) is 0 Å². The normalized spacial score (nSPS) is 15.7. The number of nitrogens with one attached hydrogen (secondary N) is 1. The number of piperidine rings is 1. The van der Waals surface area contributed by atoms with Crippen LogP contribution in [0.5, 0.6) is 5.75 Å². The summed E-state index contributed by atoms with van der Waals surface area (Å²) in [5, 5.41) is 2.54. The maximum Gasteiger partial charge on any atom is 0.411 e. The molecule has 2 aromatic rings. The second-order valence-corrected chi connectivity index (χ2v) is 8.81. The lowest BCUT2D eigenvalue weighted by Crippen LogP contribution is -2.41. The van der Waals surface area contributed by atoms with Crippen molar-refractivity contribution in [2.75, 3.05) is 25.5 Å². The van der Waals surface area contributed by atoms with Crippen molar-refractivity contribution in [3.8, 4) is 5.75 Å². The quantitative estimate of drug-likeness (QED) is 0.759. The van der Waals surface area contributed by atoms with Crippen LogP contribution in [0, 0.1) is 5.82 Å². The van der Waals surface area contributed by atoms with Gasteiger partial charge in [0.1, 0.15) is 17.7 Å². The predicted molar refractivity (Wildman–Crippen MR) is 106 cm³/mol.